The first-order valence-electron chi connectivity index (χ1n) is 8.50. The molecule has 6 nitrogen and oxygen atoms in total. The lowest BCUT2D eigenvalue weighted by atomic mass is 9.99. The first kappa shape index (κ1) is 23.0. The molecule has 2 N–H and O–H groups in total. The average molecular weight is 496 g/mol. The lowest BCUT2D eigenvalue weighted by Gasteiger charge is -2.22. The van der Waals surface area contributed by atoms with Crippen molar-refractivity contribution in [2.24, 2.45) is 16.8 Å². The molecular weight excluding hydrogens is 469 g/mol. The van der Waals surface area contributed by atoms with Gasteiger partial charge in [0.15, 0.2) is 5.96 Å². The molecule has 1 aromatic carbocycles. The summed E-state index contributed by atoms with van der Waals surface area (Å²) in [5.41, 5.74) is 0.770. The molecule has 1 fully saturated rings. The number of nitrogens with zero attached hydrogens (tertiary/aromatic N) is 2. The predicted octanol–water partition coefficient (Wildman–Crippen LogP) is 2.70. The molecule has 1 heterocycles. The average Bonchev–Trinajstić information content (AvgIpc) is 2.99. The largest absolute Gasteiger partial charge is 0.469 e. The van der Waals surface area contributed by atoms with E-state index in [1.54, 1.807) is 24.3 Å². The van der Waals surface area contributed by atoms with E-state index in [0.29, 0.717) is 24.1 Å². The molecule has 3 atom stereocenters. The van der Waals surface area contributed by atoms with E-state index in [1.165, 1.54) is 7.11 Å². The molecule has 1 aliphatic rings. The number of carbonyl (C=O) groups is 1. The van der Waals surface area contributed by atoms with Crippen molar-refractivity contribution in [2.45, 2.75) is 20.0 Å². The normalized spacial score (nSPS) is 21.1. The van der Waals surface area contributed by atoms with Crippen LogP contribution in [0.4, 0.5) is 0 Å². The number of halogens is 2. The number of methoxy groups -OCH3 is 1. The van der Waals surface area contributed by atoms with Gasteiger partial charge < -0.3 is 20.1 Å². The smallest absolute Gasteiger partial charge is 0.310 e. The summed E-state index contributed by atoms with van der Waals surface area (Å²) in [5.74, 6) is 0.549. The van der Waals surface area contributed by atoms with Crippen molar-refractivity contribution in [3.05, 3.63) is 34.9 Å². The number of aliphatic hydroxyl groups excluding tert-OH is 1. The van der Waals surface area contributed by atoms with Crippen LogP contribution in [-0.4, -0.2) is 55.2 Å². The molecule has 1 aromatic rings. The second-order valence-corrected chi connectivity index (χ2v) is 6.71. The van der Waals surface area contributed by atoms with Crippen molar-refractivity contribution in [1.82, 2.24) is 10.2 Å². The van der Waals surface area contributed by atoms with Crippen LogP contribution in [-0.2, 0) is 9.53 Å². The van der Waals surface area contributed by atoms with Crippen LogP contribution in [0, 0.1) is 11.8 Å². The molecule has 0 saturated carbocycles. The molecule has 0 amide bonds. The Morgan fingerprint density at radius 1 is 1.42 bits per heavy atom. The van der Waals surface area contributed by atoms with E-state index in [4.69, 9.17) is 16.3 Å². The maximum absolute atomic E-state index is 11.9. The fourth-order valence-corrected chi connectivity index (χ4v) is 3.11. The molecule has 2 rings (SSSR count). The Morgan fingerprint density at radius 2 is 2.08 bits per heavy atom. The molecule has 8 heteroatoms. The van der Waals surface area contributed by atoms with E-state index < -0.39 is 6.10 Å². The number of likely N-dealkylation sites (tertiary alicyclic amines) is 1. The standard InChI is InChI=1S/C18H26ClN3O3.HI/c1-4-20-18(22-10-12(2)15(11-22)17(24)25-3)21-9-16(23)13-5-7-14(19)8-6-13;/h5-8,12,15-16,23H,4,9-11H2,1-3H3,(H,20,21);1H. The van der Waals surface area contributed by atoms with Crippen molar-refractivity contribution in [1.29, 1.82) is 0 Å². The van der Waals surface area contributed by atoms with Crippen LogP contribution in [0.1, 0.15) is 25.5 Å². The number of ether oxygens (including phenoxy) is 1. The highest BCUT2D eigenvalue weighted by Gasteiger charge is 2.36. The second kappa shape index (κ2) is 10.9. The number of hydrogen-bond acceptors (Lipinski definition) is 4. The van der Waals surface area contributed by atoms with E-state index >= 15 is 0 Å². The second-order valence-electron chi connectivity index (χ2n) is 6.27. The Hall–Kier alpha value is -1.06. The summed E-state index contributed by atoms with van der Waals surface area (Å²) in [6.45, 7) is 6.26. The molecule has 3 unspecified atom stereocenters. The van der Waals surface area contributed by atoms with Gasteiger partial charge in [0.05, 0.1) is 25.7 Å². The fraction of sp³-hybridized carbons (Fsp3) is 0.556. The molecule has 0 spiro atoms. The molecular formula is C18H27ClIN3O3. The van der Waals surface area contributed by atoms with Gasteiger partial charge in [-0.25, -0.2) is 0 Å². The fourth-order valence-electron chi connectivity index (χ4n) is 2.99. The molecule has 0 aromatic heterocycles. The minimum atomic E-state index is -0.706. The van der Waals surface area contributed by atoms with Gasteiger partial charge in [0, 0.05) is 24.7 Å². The van der Waals surface area contributed by atoms with Crippen LogP contribution in [0.25, 0.3) is 0 Å². The van der Waals surface area contributed by atoms with Gasteiger partial charge in [-0.3, -0.25) is 9.79 Å². The van der Waals surface area contributed by atoms with Gasteiger partial charge in [0.2, 0.25) is 0 Å². The number of hydrogen-bond donors (Lipinski definition) is 2. The van der Waals surface area contributed by atoms with Crippen molar-refractivity contribution >= 4 is 47.5 Å². The molecule has 0 aliphatic carbocycles. The van der Waals surface area contributed by atoms with Crippen LogP contribution in [0.3, 0.4) is 0 Å². The van der Waals surface area contributed by atoms with E-state index in [1.807, 2.05) is 18.7 Å². The van der Waals surface area contributed by atoms with Crippen molar-refractivity contribution in [3.63, 3.8) is 0 Å². The van der Waals surface area contributed by atoms with E-state index in [0.717, 1.165) is 12.1 Å². The topological polar surface area (TPSA) is 74.2 Å². The summed E-state index contributed by atoms with van der Waals surface area (Å²) in [7, 11) is 1.42. The molecule has 26 heavy (non-hydrogen) atoms. The Morgan fingerprint density at radius 3 is 2.65 bits per heavy atom. The van der Waals surface area contributed by atoms with Crippen molar-refractivity contribution in [2.75, 3.05) is 33.3 Å². The van der Waals surface area contributed by atoms with Gasteiger partial charge in [-0.2, -0.15) is 0 Å². The maximum atomic E-state index is 11.9. The zero-order chi connectivity index (χ0) is 18.4. The van der Waals surface area contributed by atoms with Gasteiger partial charge in [-0.05, 0) is 30.5 Å². The number of nitrogens with one attached hydrogen (secondary N) is 1. The maximum Gasteiger partial charge on any atom is 0.310 e. The van der Waals surface area contributed by atoms with Crippen LogP contribution < -0.4 is 5.32 Å². The van der Waals surface area contributed by atoms with Crippen molar-refractivity contribution in [3.8, 4) is 0 Å². The number of aliphatic hydroxyl groups is 1. The monoisotopic (exact) mass is 495 g/mol. The van der Waals surface area contributed by atoms with Crippen LogP contribution >= 0.6 is 35.6 Å². The Kier molecular flexibility index (Phi) is 9.67. The Balaban J connectivity index is 0.00000338. The first-order valence-corrected chi connectivity index (χ1v) is 8.88. The van der Waals surface area contributed by atoms with Gasteiger partial charge in [-0.15, -0.1) is 24.0 Å². The highest BCUT2D eigenvalue weighted by Crippen LogP contribution is 2.24. The summed E-state index contributed by atoms with van der Waals surface area (Å²) in [5, 5.41) is 14.2. The van der Waals surface area contributed by atoms with Gasteiger partial charge >= 0.3 is 5.97 Å². The summed E-state index contributed by atoms with van der Waals surface area (Å²) in [4.78, 5) is 18.5. The molecule has 1 saturated heterocycles. The number of rotatable bonds is 5. The number of esters is 1. The quantitative estimate of drug-likeness (QED) is 0.284. The van der Waals surface area contributed by atoms with Crippen LogP contribution in [0.2, 0.25) is 5.02 Å². The van der Waals surface area contributed by atoms with E-state index in [2.05, 4.69) is 10.3 Å². The number of guanidine groups is 1. The highest BCUT2D eigenvalue weighted by atomic mass is 127. The lowest BCUT2D eigenvalue weighted by molar-refractivity contribution is -0.145. The van der Waals surface area contributed by atoms with E-state index in [-0.39, 0.29) is 48.3 Å². The van der Waals surface area contributed by atoms with Gasteiger partial charge in [-0.1, -0.05) is 30.7 Å². The van der Waals surface area contributed by atoms with E-state index in [9.17, 15) is 9.90 Å². The van der Waals surface area contributed by atoms with Gasteiger partial charge in [0.1, 0.15) is 0 Å². The SMILES string of the molecule is CCNC(=NCC(O)c1ccc(Cl)cc1)N1CC(C)C(C(=O)OC)C1.I. The number of benzene rings is 1. The Labute approximate surface area is 177 Å². The zero-order valence-electron chi connectivity index (χ0n) is 15.3. The number of aliphatic imine (C=N–C) groups is 1. The first-order chi connectivity index (χ1) is 12.0. The minimum Gasteiger partial charge on any atom is -0.469 e. The molecule has 1 aliphatic heterocycles. The van der Waals surface area contributed by atoms with Gasteiger partial charge in [0.25, 0.3) is 0 Å². The third-order valence-electron chi connectivity index (χ3n) is 4.42. The Bertz CT molecular complexity index is 612. The zero-order valence-corrected chi connectivity index (χ0v) is 18.4. The predicted molar refractivity (Wildman–Crippen MR) is 114 cm³/mol. The summed E-state index contributed by atoms with van der Waals surface area (Å²) >= 11 is 5.87. The summed E-state index contributed by atoms with van der Waals surface area (Å²) in [6.07, 6.45) is -0.706. The molecule has 0 radical (unpaired) electrons. The third-order valence-corrected chi connectivity index (χ3v) is 4.67. The lowest BCUT2D eigenvalue weighted by Crippen LogP contribution is -2.41. The van der Waals surface area contributed by atoms with Crippen LogP contribution in [0.5, 0.6) is 0 Å². The highest BCUT2D eigenvalue weighted by molar-refractivity contribution is 14.0. The third kappa shape index (κ3) is 5.99. The summed E-state index contributed by atoms with van der Waals surface area (Å²) in [6, 6.07) is 7.08. The number of carbonyl (C=O) groups excluding carboxylic acids is 1. The minimum absolute atomic E-state index is 0. The molecule has 0 bridgehead atoms. The molecule has 146 valence electrons. The van der Waals surface area contributed by atoms with Crippen molar-refractivity contribution < 1.29 is 14.6 Å². The summed E-state index contributed by atoms with van der Waals surface area (Å²) < 4.78 is 4.88. The van der Waals surface area contributed by atoms with Crippen LogP contribution in [0.15, 0.2) is 29.3 Å².